The maximum absolute atomic E-state index is 6.02. The third kappa shape index (κ3) is 4.26. The zero-order valence-corrected chi connectivity index (χ0v) is 14.2. The highest BCUT2D eigenvalue weighted by molar-refractivity contribution is 5.92. The lowest BCUT2D eigenvalue weighted by Crippen LogP contribution is -2.44. The van der Waals surface area contributed by atoms with Gasteiger partial charge in [-0.05, 0) is 30.8 Å². The second kappa shape index (κ2) is 7.84. The highest BCUT2D eigenvalue weighted by atomic mass is 15.2. The predicted molar refractivity (Wildman–Crippen MR) is 102 cm³/mol. The molecule has 0 unspecified atom stereocenters. The van der Waals surface area contributed by atoms with E-state index in [1.165, 1.54) is 11.3 Å². The Balaban J connectivity index is 1.68. The first kappa shape index (κ1) is 16.3. The van der Waals surface area contributed by atoms with Crippen LogP contribution in [0.25, 0.3) is 0 Å². The van der Waals surface area contributed by atoms with E-state index >= 15 is 0 Å². The number of benzene rings is 2. The van der Waals surface area contributed by atoms with E-state index < -0.39 is 0 Å². The predicted octanol–water partition coefficient (Wildman–Crippen LogP) is 2.37. The number of likely N-dealkylation sites (N-methyl/N-ethyl adjacent to an activating group) is 1. The van der Waals surface area contributed by atoms with E-state index in [4.69, 9.17) is 5.73 Å². The van der Waals surface area contributed by atoms with Crippen LogP contribution >= 0.6 is 0 Å². The summed E-state index contributed by atoms with van der Waals surface area (Å²) in [5.41, 5.74) is 9.44. The zero-order chi connectivity index (χ0) is 16.8. The maximum Gasteiger partial charge on any atom is 0.193 e. The van der Waals surface area contributed by atoms with Gasteiger partial charge in [0, 0.05) is 37.6 Å². The number of hydrogen-bond donors (Lipinski definition) is 2. The Morgan fingerprint density at radius 1 is 1.00 bits per heavy atom. The second-order valence-corrected chi connectivity index (χ2v) is 6.11. The molecule has 2 aromatic rings. The lowest BCUT2D eigenvalue weighted by Gasteiger charge is -2.35. The molecule has 0 spiro atoms. The average Bonchev–Trinajstić information content (AvgIpc) is 2.62. The second-order valence-electron chi connectivity index (χ2n) is 6.11. The number of piperazine rings is 1. The molecule has 24 heavy (non-hydrogen) atoms. The van der Waals surface area contributed by atoms with Crippen molar-refractivity contribution in [2.45, 2.75) is 6.54 Å². The third-order valence-corrected chi connectivity index (χ3v) is 4.30. The Hall–Kier alpha value is -2.53. The van der Waals surface area contributed by atoms with Gasteiger partial charge in [-0.25, -0.2) is 4.99 Å². The number of para-hydroxylation sites is 2. The Labute approximate surface area is 143 Å². The summed E-state index contributed by atoms with van der Waals surface area (Å²) in [5.74, 6) is 0.439. The number of aliphatic imine (C=N–C) groups is 1. The smallest absolute Gasteiger partial charge is 0.193 e. The molecule has 0 bridgehead atoms. The molecule has 1 saturated heterocycles. The van der Waals surface area contributed by atoms with Crippen LogP contribution in [0.15, 0.2) is 59.6 Å². The van der Waals surface area contributed by atoms with Crippen LogP contribution in [0.2, 0.25) is 0 Å². The Morgan fingerprint density at radius 2 is 1.67 bits per heavy atom. The number of guanidine groups is 1. The van der Waals surface area contributed by atoms with Crippen molar-refractivity contribution in [3.8, 4) is 0 Å². The van der Waals surface area contributed by atoms with Crippen molar-refractivity contribution in [3.05, 3.63) is 60.2 Å². The lowest BCUT2D eigenvalue weighted by atomic mass is 10.1. The Kier molecular flexibility index (Phi) is 5.33. The number of nitrogens with zero attached hydrogens (tertiary/aromatic N) is 3. The lowest BCUT2D eigenvalue weighted by molar-refractivity contribution is 0.312. The largest absolute Gasteiger partial charge is 0.370 e. The van der Waals surface area contributed by atoms with Gasteiger partial charge < -0.3 is 20.9 Å². The van der Waals surface area contributed by atoms with E-state index in [0.29, 0.717) is 12.5 Å². The summed E-state index contributed by atoms with van der Waals surface area (Å²) in [6.45, 7) is 4.86. The van der Waals surface area contributed by atoms with Gasteiger partial charge >= 0.3 is 0 Å². The molecule has 3 N–H and O–H groups in total. The Morgan fingerprint density at radius 3 is 2.42 bits per heavy atom. The van der Waals surface area contributed by atoms with E-state index in [2.05, 4.69) is 51.4 Å². The molecule has 0 atom stereocenters. The average molecular weight is 323 g/mol. The third-order valence-electron chi connectivity index (χ3n) is 4.30. The van der Waals surface area contributed by atoms with Crippen LogP contribution < -0.4 is 16.0 Å². The van der Waals surface area contributed by atoms with Crippen LogP contribution in [0.3, 0.4) is 0 Å². The minimum atomic E-state index is 0.439. The van der Waals surface area contributed by atoms with Crippen LogP contribution in [-0.2, 0) is 6.54 Å². The van der Waals surface area contributed by atoms with Crippen molar-refractivity contribution in [3.63, 3.8) is 0 Å². The molecular formula is C19H25N5. The van der Waals surface area contributed by atoms with Gasteiger partial charge in [-0.15, -0.1) is 0 Å². The van der Waals surface area contributed by atoms with Crippen LogP contribution in [0.5, 0.6) is 0 Å². The summed E-state index contributed by atoms with van der Waals surface area (Å²) in [5, 5.41) is 3.12. The first-order chi connectivity index (χ1) is 11.7. The van der Waals surface area contributed by atoms with Gasteiger partial charge in [0.15, 0.2) is 5.96 Å². The molecular weight excluding hydrogens is 298 g/mol. The van der Waals surface area contributed by atoms with E-state index in [-0.39, 0.29) is 0 Å². The summed E-state index contributed by atoms with van der Waals surface area (Å²) in [7, 11) is 2.17. The molecule has 0 saturated carbocycles. The fourth-order valence-corrected chi connectivity index (χ4v) is 2.88. The van der Waals surface area contributed by atoms with Gasteiger partial charge in [-0.1, -0.05) is 36.4 Å². The highest BCUT2D eigenvalue weighted by Crippen LogP contribution is 2.22. The summed E-state index contributed by atoms with van der Waals surface area (Å²) in [6.07, 6.45) is 0. The SMILES string of the molecule is CN1CCN(c2ccccc2CN=C(N)Nc2ccccc2)CC1. The van der Waals surface area contributed by atoms with Crippen LogP contribution in [0.4, 0.5) is 11.4 Å². The van der Waals surface area contributed by atoms with Crippen molar-refractivity contribution in [2.75, 3.05) is 43.4 Å². The molecule has 0 aromatic heterocycles. The molecule has 5 heteroatoms. The van der Waals surface area contributed by atoms with E-state index in [9.17, 15) is 0 Å². The maximum atomic E-state index is 6.02. The fraction of sp³-hybridized carbons (Fsp3) is 0.316. The van der Waals surface area contributed by atoms with Gasteiger partial charge in [-0.2, -0.15) is 0 Å². The Bertz CT molecular complexity index is 675. The fourth-order valence-electron chi connectivity index (χ4n) is 2.88. The normalized spacial score (nSPS) is 16.2. The van der Waals surface area contributed by atoms with Gasteiger partial charge in [0.2, 0.25) is 0 Å². The molecule has 1 heterocycles. The van der Waals surface area contributed by atoms with Crippen LogP contribution in [0, 0.1) is 0 Å². The number of hydrogen-bond acceptors (Lipinski definition) is 3. The molecule has 3 rings (SSSR count). The summed E-state index contributed by atoms with van der Waals surface area (Å²) in [6, 6.07) is 18.3. The van der Waals surface area contributed by atoms with Crippen molar-refractivity contribution >= 4 is 17.3 Å². The molecule has 5 nitrogen and oxygen atoms in total. The van der Waals surface area contributed by atoms with Crippen molar-refractivity contribution in [2.24, 2.45) is 10.7 Å². The standard InChI is InChI=1S/C19H25N5/c1-23-11-13-24(14-12-23)18-10-6-5-7-16(18)15-21-19(20)22-17-8-3-2-4-9-17/h2-10H,11-15H2,1H3,(H3,20,21,22). The molecule has 0 aliphatic carbocycles. The summed E-state index contributed by atoms with van der Waals surface area (Å²) < 4.78 is 0. The van der Waals surface area contributed by atoms with Crippen molar-refractivity contribution in [1.29, 1.82) is 0 Å². The van der Waals surface area contributed by atoms with Gasteiger partial charge in [0.05, 0.1) is 6.54 Å². The van der Waals surface area contributed by atoms with Gasteiger partial charge in [0.1, 0.15) is 0 Å². The highest BCUT2D eigenvalue weighted by Gasteiger charge is 2.16. The molecule has 1 aliphatic rings. The van der Waals surface area contributed by atoms with Crippen molar-refractivity contribution < 1.29 is 0 Å². The van der Waals surface area contributed by atoms with Gasteiger partial charge in [-0.3, -0.25) is 0 Å². The molecule has 0 amide bonds. The number of anilines is 2. The first-order valence-corrected chi connectivity index (χ1v) is 8.36. The topological polar surface area (TPSA) is 56.9 Å². The molecule has 126 valence electrons. The van der Waals surface area contributed by atoms with Gasteiger partial charge in [0.25, 0.3) is 0 Å². The minimum Gasteiger partial charge on any atom is -0.370 e. The van der Waals surface area contributed by atoms with Crippen LogP contribution in [0.1, 0.15) is 5.56 Å². The van der Waals surface area contributed by atoms with E-state index in [1.54, 1.807) is 0 Å². The van der Waals surface area contributed by atoms with Crippen molar-refractivity contribution in [1.82, 2.24) is 4.90 Å². The monoisotopic (exact) mass is 323 g/mol. The molecule has 1 fully saturated rings. The quantitative estimate of drug-likeness (QED) is 0.670. The number of rotatable bonds is 4. The van der Waals surface area contributed by atoms with Crippen LogP contribution in [-0.4, -0.2) is 44.1 Å². The first-order valence-electron chi connectivity index (χ1n) is 8.36. The zero-order valence-electron chi connectivity index (χ0n) is 14.2. The number of nitrogens with one attached hydrogen (secondary N) is 1. The molecule has 2 aromatic carbocycles. The minimum absolute atomic E-state index is 0.439. The molecule has 1 aliphatic heterocycles. The molecule has 0 radical (unpaired) electrons. The summed E-state index contributed by atoms with van der Waals surface area (Å²) in [4.78, 5) is 9.30. The van der Waals surface area contributed by atoms with E-state index in [1.807, 2.05) is 30.3 Å². The summed E-state index contributed by atoms with van der Waals surface area (Å²) >= 11 is 0. The van der Waals surface area contributed by atoms with E-state index in [0.717, 1.165) is 31.9 Å². The number of nitrogens with two attached hydrogens (primary N) is 1.